The minimum Gasteiger partial charge on any atom is -0.290 e. The number of hydrogen-bond acceptors (Lipinski definition) is 2. The topological polar surface area (TPSA) is 30.2 Å². The van der Waals surface area contributed by atoms with Crippen molar-refractivity contribution in [1.29, 1.82) is 0 Å². The third-order valence-electron chi connectivity index (χ3n) is 1.38. The monoisotopic (exact) mass is 143 g/mol. The normalized spacial score (nSPS) is 9.73. The number of hydrogen-bond donors (Lipinski definition) is 0. The largest absolute Gasteiger partial charge is 0.290 e. The van der Waals surface area contributed by atoms with Crippen LogP contribution in [0.4, 0.5) is 0 Å². The van der Waals surface area contributed by atoms with Gasteiger partial charge in [-0.1, -0.05) is 0 Å². The summed E-state index contributed by atoms with van der Waals surface area (Å²) in [6.45, 7) is 0. The van der Waals surface area contributed by atoms with Crippen LogP contribution in [0.5, 0.6) is 0 Å². The van der Waals surface area contributed by atoms with Gasteiger partial charge in [0.2, 0.25) is 5.78 Å². The fraction of sp³-hybridized carbons (Fsp3) is 0. The van der Waals surface area contributed by atoms with Crippen molar-refractivity contribution < 1.29 is 0 Å². The van der Waals surface area contributed by atoms with E-state index in [1.807, 2.05) is 12.3 Å². The molecule has 0 saturated carbocycles. The van der Waals surface area contributed by atoms with Gasteiger partial charge in [-0.2, -0.15) is 0 Å². The molecule has 0 aromatic carbocycles. The molecule has 52 valence electrons. The standard InChI is InChI=1S/C8H5N3/c1-2-7-6-11-5-3-4-9-8(11)10-7/h1,3-6H. The van der Waals surface area contributed by atoms with Gasteiger partial charge < -0.3 is 0 Å². The molecular weight excluding hydrogens is 138 g/mol. The zero-order chi connectivity index (χ0) is 7.68. The van der Waals surface area contributed by atoms with E-state index in [-0.39, 0.29) is 0 Å². The second-order valence-corrected chi connectivity index (χ2v) is 2.10. The third-order valence-corrected chi connectivity index (χ3v) is 1.38. The van der Waals surface area contributed by atoms with Crippen LogP contribution >= 0.6 is 0 Å². The van der Waals surface area contributed by atoms with Gasteiger partial charge in [0, 0.05) is 18.6 Å². The first-order chi connectivity index (χ1) is 5.40. The molecule has 2 aromatic heterocycles. The van der Waals surface area contributed by atoms with Crippen LogP contribution in [0.3, 0.4) is 0 Å². The molecule has 0 fully saturated rings. The van der Waals surface area contributed by atoms with E-state index >= 15 is 0 Å². The molecule has 2 rings (SSSR count). The van der Waals surface area contributed by atoms with E-state index in [0.717, 1.165) is 0 Å². The van der Waals surface area contributed by atoms with E-state index in [2.05, 4.69) is 15.9 Å². The summed E-state index contributed by atoms with van der Waals surface area (Å²) in [4.78, 5) is 8.05. The predicted molar refractivity (Wildman–Crippen MR) is 40.9 cm³/mol. The highest BCUT2D eigenvalue weighted by Gasteiger charge is 1.96. The van der Waals surface area contributed by atoms with Crippen LogP contribution in [-0.2, 0) is 0 Å². The quantitative estimate of drug-likeness (QED) is 0.508. The second-order valence-electron chi connectivity index (χ2n) is 2.10. The van der Waals surface area contributed by atoms with E-state index in [0.29, 0.717) is 11.5 Å². The Morgan fingerprint density at radius 3 is 3.18 bits per heavy atom. The molecule has 0 unspecified atom stereocenters. The van der Waals surface area contributed by atoms with Crippen molar-refractivity contribution >= 4 is 5.78 Å². The summed E-state index contributed by atoms with van der Waals surface area (Å²) in [6, 6.07) is 1.83. The van der Waals surface area contributed by atoms with Gasteiger partial charge in [-0.25, -0.2) is 9.97 Å². The van der Waals surface area contributed by atoms with E-state index in [1.54, 1.807) is 16.8 Å². The van der Waals surface area contributed by atoms with E-state index in [4.69, 9.17) is 6.42 Å². The van der Waals surface area contributed by atoms with Gasteiger partial charge >= 0.3 is 0 Å². The first kappa shape index (κ1) is 5.93. The molecule has 0 saturated heterocycles. The van der Waals surface area contributed by atoms with Crippen molar-refractivity contribution in [3.8, 4) is 12.3 Å². The molecule has 0 radical (unpaired) electrons. The number of fused-ring (bicyclic) bond motifs is 1. The van der Waals surface area contributed by atoms with Gasteiger partial charge in [0.25, 0.3) is 0 Å². The molecule has 3 heteroatoms. The Balaban J connectivity index is 2.81. The molecule has 11 heavy (non-hydrogen) atoms. The Labute approximate surface area is 63.7 Å². The molecule has 0 amide bonds. The molecule has 0 spiro atoms. The fourth-order valence-electron chi connectivity index (χ4n) is 0.900. The van der Waals surface area contributed by atoms with Gasteiger partial charge in [-0.3, -0.25) is 4.40 Å². The van der Waals surface area contributed by atoms with Crippen LogP contribution in [0.2, 0.25) is 0 Å². The van der Waals surface area contributed by atoms with E-state index < -0.39 is 0 Å². The molecule has 2 heterocycles. The Kier molecular flexibility index (Phi) is 1.13. The van der Waals surface area contributed by atoms with Crippen LogP contribution in [-0.4, -0.2) is 14.4 Å². The number of terminal acetylenes is 1. The SMILES string of the molecule is C#Cc1cn2cccnc2n1. The first-order valence-electron chi connectivity index (χ1n) is 3.16. The fourth-order valence-corrected chi connectivity index (χ4v) is 0.900. The Morgan fingerprint density at radius 2 is 2.45 bits per heavy atom. The average molecular weight is 143 g/mol. The molecule has 2 aromatic rings. The smallest absolute Gasteiger partial charge is 0.234 e. The summed E-state index contributed by atoms with van der Waals surface area (Å²) in [5.41, 5.74) is 0.615. The molecule has 0 aliphatic heterocycles. The lowest BCUT2D eigenvalue weighted by molar-refractivity contribution is 1.11. The molecule has 0 aliphatic carbocycles. The molecule has 3 nitrogen and oxygen atoms in total. The van der Waals surface area contributed by atoms with E-state index in [1.165, 1.54) is 0 Å². The van der Waals surface area contributed by atoms with Crippen molar-refractivity contribution in [1.82, 2.24) is 14.4 Å². The number of rotatable bonds is 0. The number of imidazole rings is 1. The summed E-state index contributed by atoms with van der Waals surface area (Å²) in [5.74, 6) is 3.08. The summed E-state index contributed by atoms with van der Waals surface area (Å²) < 4.78 is 1.79. The molecule has 0 aliphatic rings. The Hall–Kier alpha value is -1.82. The summed E-state index contributed by atoms with van der Waals surface area (Å²) in [5, 5.41) is 0. The average Bonchev–Trinajstić information content (AvgIpc) is 2.46. The molecule has 0 N–H and O–H groups in total. The molecular formula is C8H5N3. The van der Waals surface area contributed by atoms with Crippen LogP contribution in [0.15, 0.2) is 24.7 Å². The Bertz CT molecular complexity index is 389. The van der Waals surface area contributed by atoms with Gasteiger partial charge in [0.05, 0.1) is 0 Å². The highest BCUT2D eigenvalue weighted by molar-refractivity contribution is 5.35. The maximum absolute atomic E-state index is 5.16. The zero-order valence-electron chi connectivity index (χ0n) is 5.73. The summed E-state index contributed by atoms with van der Waals surface area (Å²) in [6.07, 6.45) is 10.5. The maximum Gasteiger partial charge on any atom is 0.234 e. The van der Waals surface area contributed by atoms with Crippen molar-refractivity contribution in [3.05, 3.63) is 30.4 Å². The highest BCUT2D eigenvalue weighted by Crippen LogP contribution is 1.98. The summed E-state index contributed by atoms with van der Waals surface area (Å²) in [7, 11) is 0. The van der Waals surface area contributed by atoms with Crippen molar-refractivity contribution in [2.75, 3.05) is 0 Å². The minimum absolute atomic E-state index is 0.615. The lowest BCUT2D eigenvalue weighted by Gasteiger charge is -1.85. The van der Waals surface area contributed by atoms with Gasteiger partial charge in [-0.15, -0.1) is 6.42 Å². The lowest BCUT2D eigenvalue weighted by Crippen LogP contribution is -1.82. The lowest BCUT2D eigenvalue weighted by atomic mass is 10.5. The summed E-state index contributed by atoms with van der Waals surface area (Å²) >= 11 is 0. The van der Waals surface area contributed by atoms with Gasteiger partial charge in [-0.05, 0) is 12.0 Å². The van der Waals surface area contributed by atoms with E-state index in [9.17, 15) is 0 Å². The van der Waals surface area contributed by atoms with Crippen molar-refractivity contribution in [2.24, 2.45) is 0 Å². The molecule has 0 bridgehead atoms. The second kappa shape index (κ2) is 2.10. The minimum atomic E-state index is 0.615. The van der Waals surface area contributed by atoms with Gasteiger partial charge in [0.15, 0.2) is 0 Å². The third kappa shape index (κ3) is 0.849. The Morgan fingerprint density at radius 1 is 1.55 bits per heavy atom. The highest BCUT2D eigenvalue weighted by atomic mass is 15.1. The zero-order valence-corrected chi connectivity index (χ0v) is 5.73. The van der Waals surface area contributed by atoms with Crippen LogP contribution in [0, 0.1) is 12.3 Å². The number of nitrogens with zero attached hydrogens (tertiary/aromatic N) is 3. The van der Waals surface area contributed by atoms with Gasteiger partial charge in [0.1, 0.15) is 5.69 Å². The van der Waals surface area contributed by atoms with Crippen LogP contribution in [0.25, 0.3) is 5.78 Å². The number of aromatic nitrogens is 3. The van der Waals surface area contributed by atoms with Crippen LogP contribution in [0.1, 0.15) is 5.69 Å². The van der Waals surface area contributed by atoms with Crippen molar-refractivity contribution in [2.45, 2.75) is 0 Å². The maximum atomic E-state index is 5.16. The van der Waals surface area contributed by atoms with Crippen molar-refractivity contribution in [3.63, 3.8) is 0 Å². The molecule has 0 atom stereocenters. The first-order valence-corrected chi connectivity index (χ1v) is 3.16. The van der Waals surface area contributed by atoms with Crippen LogP contribution < -0.4 is 0 Å². The predicted octanol–water partition coefficient (Wildman–Crippen LogP) is 0.711.